The molecule has 4 aliphatic rings. The Morgan fingerprint density at radius 1 is 1.46 bits per heavy atom. The number of carbonyl (C=O) groups excluding carboxylic acids is 2. The van der Waals surface area contributed by atoms with Gasteiger partial charge in [0.05, 0.1) is 18.6 Å². The summed E-state index contributed by atoms with van der Waals surface area (Å²) in [6.07, 6.45) is 6.54. The largest absolute Gasteiger partial charge is 0.550 e. The number of nitrogens with zero attached hydrogens (tertiary/aromatic N) is 1. The van der Waals surface area contributed by atoms with Crippen LogP contribution in [0.15, 0.2) is 23.8 Å². The number of hydrogen-bond donors (Lipinski definition) is 0. The minimum absolute atomic E-state index is 0.0817. The van der Waals surface area contributed by atoms with Gasteiger partial charge < -0.3 is 19.5 Å². The van der Waals surface area contributed by atoms with Crippen LogP contribution in [0.4, 0.5) is 0 Å². The molecule has 0 N–H and O–H groups in total. The van der Waals surface area contributed by atoms with Gasteiger partial charge in [0.25, 0.3) is 0 Å². The normalized spacial score (nSPS) is 46.4. The number of likely N-dealkylation sites (tertiary alicyclic amines) is 1. The van der Waals surface area contributed by atoms with E-state index in [1.165, 1.54) is 5.57 Å². The van der Waals surface area contributed by atoms with Crippen molar-refractivity contribution in [1.29, 1.82) is 0 Å². The second-order valence-corrected chi connectivity index (χ2v) is 8.16. The summed E-state index contributed by atoms with van der Waals surface area (Å²) in [6.45, 7) is 7.74. The Balaban J connectivity index is 1.56. The maximum atomic E-state index is 12.9. The highest BCUT2D eigenvalue weighted by Gasteiger charge is 2.65. The van der Waals surface area contributed by atoms with E-state index in [2.05, 4.69) is 26.8 Å². The SMILES string of the molecule is CC1=C[C@H](C)[C@H](CN2C[C@@]34C=C[C@H](O3)[C@H](C(=O)[O-])[C@@H]4C2=O)[C@@H](C)C1. The maximum Gasteiger partial charge on any atom is 0.229 e. The molecule has 0 radical (unpaired) electrons. The monoisotopic (exact) mass is 330 g/mol. The molecule has 3 aliphatic heterocycles. The van der Waals surface area contributed by atoms with Crippen molar-refractivity contribution in [3.63, 3.8) is 0 Å². The third-order valence-corrected chi connectivity index (χ3v) is 6.48. The predicted molar refractivity (Wildman–Crippen MR) is 85.5 cm³/mol. The first-order valence-electron chi connectivity index (χ1n) is 8.86. The highest BCUT2D eigenvalue weighted by atomic mass is 16.5. The van der Waals surface area contributed by atoms with Gasteiger partial charge in [-0.25, -0.2) is 0 Å². The van der Waals surface area contributed by atoms with E-state index in [0.717, 1.165) is 6.42 Å². The van der Waals surface area contributed by atoms with E-state index in [9.17, 15) is 14.7 Å². The minimum atomic E-state index is -1.18. The highest BCUT2D eigenvalue weighted by molar-refractivity contribution is 5.90. The number of hydrogen-bond acceptors (Lipinski definition) is 4. The maximum absolute atomic E-state index is 12.9. The molecule has 24 heavy (non-hydrogen) atoms. The van der Waals surface area contributed by atoms with Crippen LogP contribution in [-0.2, 0) is 14.3 Å². The van der Waals surface area contributed by atoms with Gasteiger partial charge in [-0.2, -0.15) is 0 Å². The number of fused-ring (bicyclic) bond motifs is 1. The quantitative estimate of drug-likeness (QED) is 0.716. The number of rotatable bonds is 3. The van der Waals surface area contributed by atoms with E-state index in [1.807, 2.05) is 11.0 Å². The molecule has 3 heterocycles. The van der Waals surface area contributed by atoms with Crippen LogP contribution < -0.4 is 5.11 Å². The van der Waals surface area contributed by atoms with E-state index in [1.54, 1.807) is 6.08 Å². The molecule has 7 atom stereocenters. The number of carboxylic acids is 1. The van der Waals surface area contributed by atoms with Crippen molar-refractivity contribution >= 4 is 11.9 Å². The molecule has 0 aromatic heterocycles. The first kappa shape index (κ1) is 15.9. The number of allylic oxidation sites excluding steroid dienone is 2. The van der Waals surface area contributed by atoms with Crippen molar-refractivity contribution < 1.29 is 19.4 Å². The Bertz CT molecular complexity index is 654. The minimum Gasteiger partial charge on any atom is -0.550 e. The molecular weight excluding hydrogens is 306 g/mol. The van der Waals surface area contributed by atoms with Crippen molar-refractivity contribution in [2.75, 3.05) is 13.1 Å². The first-order chi connectivity index (χ1) is 11.3. The number of ether oxygens (including phenoxy) is 1. The predicted octanol–water partition coefficient (Wildman–Crippen LogP) is 0.757. The van der Waals surface area contributed by atoms with Crippen LogP contribution in [0.3, 0.4) is 0 Å². The summed E-state index contributed by atoms with van der Waals surface area (Å²) in [6, 6.07) is 0. The second kappa shape index (κ2) is 5.19. The van der Waals surface area contributed by atoms with Gasteiger partial charge in [0.1, 0.15) is 5.60 Å². The molecule has 2 bridgehead atoms. The molecule has 4 rings (SSSR count). The lowest BCUT2D eigenvalue weighted by atomic mass is 9.75. The Morgan fingerprint density at radius 2 is 2.21 bits per heavy atom. The summed E-state index contributed by atoms with van der Waals surface area (Å²) < 4.78 is 5.91. The average Bonchev–Trinajstić information content (AvgIpc) is 3.11. The van der Waals surface area contributed by atoms with Gasteiger partial charge in [-0.3, -0.25) is 4.79 Å². The standard InChI is InChI=1S/C19H25NO4/c1-10-6-11(2)13(12(3)7-10)8-20-9-19-5-4-14(24-19)15(18(22)23)16(19)17(20)21/h4-6,11-16H,7-9H2,1-3H3,(H,22,23)/p-1/t11-,12-,13-,14-,15-,16+,19+/m0/s1. The molecule has 0 unspecified atom stereocenters. The molecule has 1 aliphatic carbocycles. The van der Waals surface area contributed by atoms with E-state index in [0.29, 0.717) is 30.8 Å². The van der Waals surface area contributed by atoms with Crippen LogP contribution in [0.1, 0.15) is 27.2 Å². The molecule has 1 amide bonds. The van der Waals surface area contributed by atoms with Crippen LogP contribution in [-0.4, -0.2) is 41.6 Å². The van der Waals surface area contributed by atoms with Gasteiger partial charge in [0, 0.05) is 18.4 Å². The fourth-order valence-corrected chi connectivity index (χ4v) is 5.42. The fourth-order valence-electron chi connectivity index (χ4n) is 5.42. The third kappa shape index (κ3) is 2.10. The summed E-state index contributed by atoms with van der Waals surface area (Å²) >= 11 is 0. The summed E-state index contributed by atoms with van der Waals surface area (Å²) in [5.41, 5.74) is 0.663. The van der Waals surface area contributed by atoms with Gasteiger partial charge >= 0.3 is 0 Å². The van der Waals surface area contributed by atoms with Crippen LogP contribution >= 0.6 is 0 Å². The lowest BCUT2D eigenvalue weighted by Gasteiger charge is -2.36. The summed E-state index contributed by atoms with van der Waals surface area (Å²) in [5, 5.41) is 11.5. The molecule has 5 nitrogen and oxygen atoms in total. The summed E-state index contributed by atoms with van der Waals surface area (Å²) in [4.78, 5) is 26.3. The Morgan fingerprint density at radius 3 is 2.88 bits per heavy atom. The molecule has 1 spiro atoms. The van der Waals surface area contributed by atoms with Gasteiger partial charge in [0.15, 0.2) is 0 Å². The Labute approximate surface area is 142 Å². The number of aliphatic carboxylic acids is 1. The first-order valence-corrected chi connectivity index (χ1v) is 8.86. The topological polar surface area (TPSA) is 69.7 Å². The molecule has 2 fully saturated rings. The number of carboxylic acid groups (broad SMARTS) is 1. The number of carbonyl (C=O) groups is 2. The highest BCUT2D eigenvalue weighted by Crippen LogP contribution is 2.52. The molecule has 0 aromatic rings. The summed E-state index contributed by atoms with van der Waals surface area (Å²) in [7, 11) is 0. The van der Waals surface area contributed by atoms with Gasteiger partial charge in [-0.05, 0) is 31.1 Å². The smallest absolute Gasteiger partial charge is 0.229 e. The lowest BCUT2D eigenvalue weighted by molar-refractivity contribution is -0.313. The van der Waals surface area contributed by atoms with Crippen LogP contribution in [0.5, 0.6) is 0 Å². The molecular formula is C19H24NO4-. The Kier molecular flexibility index (Phi) is 3.43. The van der Waals surface area contributed by atoms with Crippen molar-refractivity contribution in [3.05, 3.63) is 23.8 Å². The number of amides is 1. The van der Waals surface area contributed by atoms with Gasteiger partial charge in [-0.1, -0.05) is 37.6 Å². The van der Waals surface area contributed by atoms with Crippen molar-refractivity contribution in [3.8, 4) is 0 Å². The summed E-state index contributed by atoms with van der Waals surface area (Å²) in [5.74, 6) is -1.40. The van der Waals surface area contributed by atoms with E-state index in [4.69, 9.17) is 4.74 Å². The van der Waals surface area contributed by atoms with E-state index < -0.39 is 29.5 Å². The zero-order valence-electron chi connectivity index (χ0n) is 14.4. The van der Waals surface area contributed by atoms with Crippen LogP contribution in [0.2, 0.25) is 0 Å². The molecule has 0 aromatic carbocycles. The third-order valence-electron chi connectivity index (χ3n) is 6.48. The lowest BCUT2D eigenvalue weighted by Crippen LogP contribution is -2.45. The van der Waals surface area contributed by atoms with Gasteiger partial charge in [0.2, 0.25) is 5.91 Å². The zero-order chi connectivity index (χ0) is 17.2. The zero-order valence-corrected chi connectivity index (χ0v) is 14.4. The molecule has 2 saturated heterocycles. The molecule has 130 valence electrons. The fraction of sp³-hybridized carbons (Fsp3) is 0.684. The molecule has 0 saturated carbocycles. The van der Waals surface area contributed by atoms with Crippen molar-refractivity contribution in [1.82, 2.24) is 4.90 Å². The van der Waals surface area contributed by atoms with Crippen molar-refractivity contribution in [2.45, 2.75) is 38.9 Å². The van der Waals surface area contributed by atoms with E-state index in [-0.39, 0.29) is 5.91 Å². The second-order valence-electron chi connectivity index (χ2n) is 8.16. The molecule has 5 heteroatoms. The van der Waals surface area contributed by atoms with Gasteiger partial charge in [-0.15, -0.1) is 0 Å². The van der Waals surface area contributed by atoms with Crippen molar-refractivity contribution in [2.24, 2.45) is 29.6 Å². The average molecular weight is 330 g/mol. The Hall–Kier alpha value is -1.62. The van der Waals surface area contributed by atoms with Crippen LogP contribution in [0, 0.1) is 29.6 Å². The van der Waals surface area contributed by atoms with E-state index >= 15 is 0 Å². The van der Waals surface area contributed by atoms with Crippen LogP contribution in [0.25, 0.3) is 0 Å².